The molecule has 7 heteroatoms. The van der Waals surface area contributed by atoms with Crippen LogP contribution in [0.3, 0.4) is 0 Å². The minimum absolute atomic E-state index is 0.0806. The fourth-order valence-corrected chi connectivity index (χ4v) is 4.16. The summed E-state index contributed by atoms with van der Waals surface area (Å²) in [5, 5.41) is 6.55. The number of rotatable bonds is 6. The van der Waals surface area contributed by atoms with E-state index in [-0.39, 0.29) is 17.8 Å². The van der Waals surface area contributed by atoms with Gasteiger partial charge < -0.3 is 9.74 Å². The van der Waals surface area contributed by atoms with E-state index in [1.165, 1.54) is 17.4 Å². The van der Waals surface area contributed by atoms with Crippen LogP contribution >= 0.6 is 22.9 Å². The van der Waals surface area contributed by atoms with Crippen molar-refractivity contribution >= 4 is 34.6 Å². The molecule has 148 valence electrons. The number of hydrogen-bond acceptors (Lipinski definition) is 4. The molecular weight excluding hydrogens is 411 g/mol. The minimum Gasteiger partial charge on any atom is -0.390 e. The zero-order valence-corrected chi connectivity index (χ0v) is 17.0. The van der Waals surface area contributed by atoms with Crippen LogP contribution in [0.4, 0.5) is 4.39 Å². The van der Waals surface area contributed by atoms with Crippen LogP contribution in [0.5, 0.6) is 0 Å². The van der Waals surface area contributed by atoms with E-state index < -0.39 is 0 Å². The Morgan fingerprint density at radius 2 is 2.07 bits per heavy atom. The molecule has 3 aromatic rings. The van der Waals surface area contributed by atoms with Crippen molar-refractivity contribution in [1.29, 1.82) is 0 Å². The van der Waals surface area contributed by atoms with Gasteiger partial charge in [0.2, 0.25) is 0 Å². The molecule has 1 aliphatic heterocycles. The first-order chi connectivity index (χ1) is 14.1. The van der Waals surface area contributed by atoms with E-state index in [1.54, 1.807) is 35.2 Å². The highest BCUT2D eigenvalue weighted by atomic mass is 35.5. The van der Waals surface area contributed by atoms with Gasteiger partial charge in [0.1, 0.15) is 5.82 Å². The van der Waals surface area contributed by atoms with Gasteiger partial charge >= 0.3 is 0 Å². The predicted octanol–water partition coefficient (Wildman–Crippen LogP) is 5.38. The third-order valence-electron chi connectivity index (χ3n) is 4.62. The first kappa shape index (κ1) is 19.6. The molecule has 1 aromatic heterocycles. The molecule has 2 aromatic carbocycles. The van der Waals surface area contributed by atoms with Crippen LogP contribution in [-0.2, 0) is 11.4 Å². The first-order valence-electron chi connectivity index (χ1n) is 9.15. The van der Waals surface area contributed by atoms with Crippen LogP contribution in [0.1, 0.15) is 27.2 Å². The number of amides is 1. The lowest BCUT2D eigenvalue weighted by atomic mass is 10.0. The van der Waals surface area contributed by atoms with Gasteiger partial charge in [0.25, 0.3) is 5.91 Å². The highest BCUT2D eigenvalue weighted by Gasteiger charge is 2.28. The lowest BCUT2D eigenvalue weighted by Crippen LogP contribution is -2.37. The third kappa shape index (κ3) is 4.66. The molecule has 0 bridgehead atoms. The molecule has 1 amide bonds. The number of carbonyl (C=O) groups is 1. The molecule has 29 heavy (non-hydrogen) atoms. The molecule has 0 spiro atoms. The van der Waals surface area contributed by atoms with E-state index in [0.717, 1.165) is 5.56 Å². The number of halogens is 2. The maximum Gasteiger partial charge on any atom is 0.264 e. The van der Waals surface area contributed by atoms with Gasteiger partial charge in [-0.15, -0.1) is 11.3 Å². The molecule has 0 saturated carbocycles. The standard InChI is InChI=1S/C22H18ClFN2O2S/c23-16-6-3-5-15(11-16)13-26(22(27)21-9-4-10-29-21)14-17-12-20(25-28-17)18-7-1-2-8-19(18)24/h1-11,17H,12-14H2/t17-/m1/s1. The van der Waals surface area contributed by atoms with Crippen LogP contribution in [0, 0.1) is 5.82 Å². The molecular formula is C22H18ClFN2O2S. The molecule has 4 rings (SSSR count). The third-order valence-corrected chi connectivity index (χ3v) is 5.72. The second-order valence-electron chi connectivity index (χ2n) is 6.74. The Labute approximate surface area is 177 Å². The molecule has 0 aliphatic carbocycles. The van der Waals surface area contributed by atoms with E-state index >= 15 is 0 Å². The highest BCUT2D eigenvalue weighted by Crippen LogP contribution is 2.22. The molecule has 0 fully saturated rings. The molecule has 0 saturated heterocycles. The molecule has 0 N–H and O–H groups in total. The zero-order chi connectivity index (χ0) is 20.2. The second-order valence-corrected chi connectivity index (χ2v) is 8.13. The van der Waals surface area contributed by atoms with Crippen molar-refractivity contribution in [3.8, 4) is 0 Å². The monoisotopic (exact) mass is 428 g/mol. The van der Waals surface area contributed by atoms with Crippen molar-refractivity contribution in [3.05, 3.63) is 92.9 Å². The molecule has 4 nitrogen and oxygen atoms in total. The van der Waals surface area contributed by atoms with Crippen LogP contribution < -0.4 is 0 Å². The van der Waals surface area contributed by atoms with Gasteiger partial charge in [0, 0.05) is 23.6 Å². The summed E-state index contributed by atoms with van der Waals surface area (Å²) < 4.78 is 14.1. The van der Waals surface area contributed by atoms with Crippen molar-refractivity contribution in [2.45, 2.75) is 19.1 Å². The smallest absolute Gasteiger partial charge is 0.264 e. The average molecular weight is 429 g/mol. The largest absolute Gasteiger partial charge is 0.390 e. The number of oxime groups is 1. The van der Waals surface area contributed by atoms with E-state index in [9.17, 15) is 9.18 Å². The topological polar surface area (TPSA) is 41.9 Å². The fraction of sp³-hybridized carbons (Fsp3) is 0.182. The number of carbonyl (C=O) groups excluding carboxylic acids is 1. The van der Waals surface area contributed by atoms with E-state index in [0.29, 0.717) is 40.7 Å². The Bertz CT molecular complexity index is 1040. The van der Waals surface area contributed by atoms with Gasteiger partial charge in [0.15, 0.2) is 6.10 Å². The summed E-state index contributed by atoms with van der Waals surface area (Å²) in [4.78, 5) is 21.0. The van der Waals surface area contributed by atoms with Crippen LogP contribution in [0.25, 0.3) is 0 Å². The molecule has 0 radical (unpaired) electrons. The quantitative estimate of drug-likeness (QED) is 0.529. The van der Waals surface area contributed by atoms with E-state index in [1.807, 2.05) is 29.6 Å². The SMILES string of the molecule is O=C(c1cccs1)N(Cc1cccc(Cl)c1)C[C@H]1CC(c2ccccc2F)=NO1. The van der Waals surface area contributed by atoms with Crippen molar-refractivity contribution < 1.29 is 14.0 Å². The predicted molar refractivity (Wildman–Crippen MR) is 113 cm³/mol. The zero-order valence-electron chi connectivity index (χ0n) is 15.4. The van der Waals surface area contributed by atoms with Gasteiger partial charge in [-0.2, -0.15) is 0 Å². The van der Waals surface area contributed by atoms with Crippen molar-refractivity contribution in [2.24, 2.45) is 5.16 Å². The summed E-state index contributed by atoms with van der Waals surface area (Å²) in [5.41, 5.74) is 1.91. The van der Waals surface area contributed by atoms with Gasteiger partial charge in [-0.05, 0) is 35.2 Å². The van der Waals surface area contributed by atoms with Crippen LogP contribution in [0.2, 0.25) is 5.02 Å². The molecule has 1 atom stereocenters. The Morgan fingerprint density at radius 1 is 1.21 bits per heavy atom. The highest BCUT2D eigenvalue weighted by molar-refractivity contribution is 7.12. The summed E-state index contributed by atoms with van der Waals surface area (Å²) >= 11 is 7.49. The first-order valence-corrected chi connectivity index (χ1v) is 10.4. The normalized spacial score (nSPS) is 15.7. The summed E-state index contributed by atoms with van der Waals surface area (Å²) in [6, 6.07) is 17.6. The maximum absolute atomic E-state index is 14.1. The number of hydrogen-bond donors (Lipinski definition) is 0. The van der Waals surface area contributed by atoms with E-state index in [2.05, 4.69) is 5.16 Å². The van der Waals surface area contributed by atoms with Gasteiger partial charge in [-0.25, -0.2) is 4.39 Å². The van der Waals surface area contributed by atoms with Crippen LogP contribution in [0.15, 0.2) is 71.2 Å². The molecule has 1 aliphatic rings. The maximum atomic E-state index is 14.1. The summed E-state index contributed by atoms with van der Waals surface area (Å²) in [5.74, 6) is -0.413. The molecule has 2 heterocycles. The number of benzene rings is 2. The lowest BCUT2D eigenvalue weighted by molar-refractivity contribution is 0.0408. The Morgan fingerprint density at radius 3 is 2.83 bits per heavy atom. The van der Waals surface area contributed by atoms with Gasteiger partial charge in [0.05, 0.1) is 17.1 Å². The molecule has 0 unspecified atom stereocenters. The van der Waals surface area contributed by atoms with Gasteiger partial charge in [-0.3, -0.25) is 4.79 Å². The number of nitrogens with zero attached hydrogens (tertiary/aromatic N) is 2. The van der Waals surface area contributed by atoms with Crippen LogP contribution in [-0.4, -0.2) is 29.2 Å². The average Bonchev–Trinajstić information content (AvgIpc) is 3.40. The Kier molecular flexibility index (Phi) is 5.92. The van der Waals surface area contributed by atoms with Crippen molar-refractivity contribution in [3.63, 3.8) is 0 Å². The Balaban J connectivity index is 1.50. The summed E-state index contributed by atoms with van der Waals surface area (Å²) in [6.45, 7) is 0.733. The van der Waals surface area contributed by atoms with Crippen molar-refractivity contribution in [2.75, 3.05) is 6.54 Å². The second kappa shape index (κ2) is 8.76. The fourth-order valence-electron chi connectivity index (χ4n) is 3.26. The number of thiophene rings is 1. The summed E-state index contributed by atoms with van der Waals surface area (Å²) in [6.07, 6.45) is 0.0951. The lowest BCUT2D eigenvalue weighted by Gasteiger charge is -2.24. The Hall–Kier alpha value is -2.70. The summed E-state index contributed by atoms with van der Waals surface area (Å²) in [7, 11) is 0. The van der Waals surface area contributed by atoms with Gasteiger partial charge in [-0.1, -0.05) is 53.2 Å². The van der Waals surface area contributed by atoms with E-state index in [4.69, 9.17) is 16.4 Å². The van der Waals surface area contributed by atoms with Crippen molar-refractivity contribution in [1.82, 2.24) is 4.90 Å². The minimum atomic E-state index is -0.340.